The van der Waals surface area contributed by atoms with Gasteiger partial charge in [-0.05, 0) is 98.1 Å². The Balaban J connectivity index is 0.000000177. The number of furan rings is 1. The van der Waals surface area contributed by atoms with Gasteiger partial charge >= 0.3 is 0 Å². The Morgan fingerprint density at radius 2 is 0.953 bits per heavy atom. The molecule has 4 heteroatoms. The fraction of sp³-hybridized carbons (Fsp3) is 0.0333. The molecular formula is C60H47N3O. The van der Waals surface area contributed by atoms with Gasteiger partial charge in [0, 0.05) is 28.3 Å². The van der Waals surface area contributed by atoms with Crippen molar-refractivity contribution in [2.45, 2.75) is 13.5 Å². The predicted molar refractivity (Wildman–Crippen MR) is 272 cm³/mol. The fourth-order valence-electron chi connectivity index (χ4n) is 8.41. The third kappa shape index (κ3) is 8.64. The average Bonchev–Trinajstić information content (AvgIpc) is 3.78. The highest BCUT2D eigenvalue weighted by Crippen LogP contribution is 2.44. The molecule has 3 N–H and O–H groups in total. The lowest BCUT2D eigenvalue weighted by Crippen LogP contribution is -1.94. The molecule has 0 radical (unpaired) electrons. The first-order valence-electron chi connectivity index (χ1n) is 21.5. The van der Waals surface area contributed by atoms with E-state index < -0.39 is 0 Å². The highest BCUT2D eigenvalue weighted by Gasteiger charge is 2.18. The van der Waals surface area contributed by atoms with Crippen LogP contribution in [0.5, 0.6) is 0 Å². The smallest absolute Gasteiger partial charge is 0.151 e. The van der Waals surface area contributed by atoms with Crippen LogP contribution >= 0.6 is 0 Å². The van der Waals surface area contributed by atoms with Crippen LogP contribution in [0.4, 0.5) is 0 Å². The first-order valence-corrected chi connectivity index (χ1v) is 21.5. The van der Waals surface area contributed by atoms with Crippen molar-refractivity contribution < 1.29 is 4.42 Å². The summed E-state index contributed by atoms with van der Waals surface area (Å²) in [7, 11) is 0. The lowest BCUT2D eigenvalue weighted by molar-refractivity contribution is 0.673. The quantitative estimate of drug-likeness (QED) is 0.0995. The zero-order valence-electron chi connectivity index (χ0n) is 35.7. The number of hydrogen-bond acceptors (Lipinski definition) is 3. The molecule has 11 aromatic rings. The highest BCUT2D eigenvalue weighted by atomic mass is 16.3. The molecule has 0 atom stereocenters. The van der Waals surface area contributed by atoms with E-state index in [2.05, 4.69) is 170 Å². The molecule has 0 spiro atoms. The number of amidine groups is 1. The van der Waals surface area contributed by atoms with Crippen molar-refractivity contribution >= 4 is 56.0 Å². The molecule has 0 amide bonds. The number of aryl methyl sites for hydroxylation is 1. The van der Waals surface area contributed by atoms with Crippen molar-refractivity contribution in [3.05, 3.63) is 241 Å². The lowest BCUT2D eigenvalue weighted by atomic mass is 9.92. The van der Waals surface area contributed by atoms with Crippen LogP contribution in [0, 0.1) is 12.3 Å². The largest absolute Gasteiger partial charge is 0.455 e. The van der Waals surface area contributed by atoms with E-state index in [0.717, 1.165) is 27.7 Å². The van der Waals surface area contributed by atoms with E-state index in [-0.39, 0.29) is 5.84 Å². The second-order valence-corrected chi connectivity index (χ2v) is 15.7. The van der Waals surface area contributed by atoms with Crippen molar-refractivity contribution in [3.63, 3.8) is 0 Å². The van der Waals surface area contributed by atoms with Crippen molar-refractivity contribution in [2.75, 3.05) is 0 Å². The number of aliphatic imine (C=N–C) groups is 1. The van der Waals surface area contributed by atoms with Gasteiger partial charge in [-0.1, -0.05) is 212 Å². The number of nitrogens with two attached hydrogens (primary N) is 1. The molecule has 0 saturated heterocycles. The number of fused-ring (bicyclic) bond motifs is 8. The van der Waals surface area contributed by atoms with Crippen molar-refractivity contribution in [3.8, 4) is 44.5 Å². The zero-order chi connectivity index (χ0) is 43.8. The van der Waals surface area contributed by atoms with E-state index in [4.69, 9.17) is 15.6 Å². The highest BCUT2D eigenvalue weighted by molar-refractivity contribution is 6.32. The van der Waals surface area contributed by atoms with Gasteiger partial charge < -0.3 is 10.2 Å². The first-order chi connectivity index (χ1) is 31.5. The van der Waals surface area contributed by atoms with Gasteiger partial charge in [0.15, 0.2) is 5.84 Å². The molecule has 0 aliphatic heterocycles. The number of nitrogens with one attached hydrogen (secondary N) is 1. The van der Waals surface area contributed by atoms with Crippen LogP contribution in [-0.4, -0.2) is 12.6 Å². The van der Waals surface area contributed by atoms with Crippen molar-refractivity contribution in [1.29, 1.82) is 5.41 Å². The van der Waals surface area contributed by atoms with E-state index in [1.54, 1.807) is 0 Å². The van der Waals surface area contributed by atoms with Crippen LogP contribution in [0.25, 0.3) is 88.0 Å². The summed E-state index contributed by atoms with van der Waals surface area (Å²) in [5, 5.41) is 14.7. The molecule has 0 aliphatic carbocycles. The third-order valence-electron chi connectivity index (χ3n) is 11.6. The van der Waals surface area contributed by atoms with E-state index in [0.29, 0.717) is 6.54 Å². The molecule has 308 valence electrons. The van der Waals surface area contributed by atoms with Gasteiger partial charge in [0.2, 0.25) is 0 Å². The summed E-state index contributed by atoms with van der Waals surface area (Å²) in [6, 6.07) is 78.0. The van der Waals surface area contributed by atoms with Crippen LogP contribution < -0.4 is 5.73 Å². The Morgan fingerprint density at radius 3 is 1.56 bits per heavy atom. The van der Waals surface area contributed by atoms with E-state index in [1.807, 2.05) is 72.8 Å². The maximum absolute atomic E-state index is 7.52. The Hall–Kier alpha value is -8.18. The second kappa shape index (κ2) is 18.8. The number of nitrogens with zero attached hydrogens (tertiary/aromatic N) is 1. The van der Waals surface area contributed by atoms with Crippen LogP contribution in [0.2, 0.25) is 0 Å². The maximum atomic E-state index is 7.52. The normalized spacial score (nSPS) is 10.8. The predicted octanol–water partition coefficient (Wildman–Crippen LogP) is 15.7. The molecule has 1 aromatic heterocycles. The molecule has 4 nitrogen and oxygen atoms in total. The Kier molecular flexibility index (Phi) is 12.1. The topological polar surface area (TPSA) is 75.4 Å². The van der Waals surface area contributed by atoms with E-state index in [9.17, 15) is 0 Å². The number of benzene rings is 10. The summed E-state index contributed by atoms with van der Waals surface area (Å²) >= 11 is 0. The molecule has 64 heavy (non-hydrogen) atoms. The van der Waals surface area contributed by atoms with E-state index >= 15 is 0 Å². The maximum Gasteiger partial charge on any atom is 0.151 e. The lowest BCUT2D eigenvalue weighted by Gasteiger charge is -2.10. The standard InChI is InChI=1S/C39H26O.C14H12N2.C7H9N/c1-25-10-6-11-26(22-25)27-12-7-13-28(23-27)29-14-8-15-30(24-29)31-20-9-21-36-37(31)38-34-18-4-2-16-32(34)33-17-3-5-19-35(33)39(38)40-36;1-16-14(15)13-9-7-12(8-10-13)11-5-3-2-4-6-11;8-6-7-4-2-1-3-5-7/h2-24H,1H3;2-10,15H,1H2;1-5H,6,8H2. The van der Waals surface area contributed by atoms with Crippen molar-refractivity contribution in [1.82, 2.24) is 0 Å². The molecule has 0 saturated carbocycles. The van der Waals surface area contributed by atoms with Crippen LogP contribution in [0.3, 0.4) is 0 Å². The summed E-state index contributed by atoms with van der Waals surface area (Å²) in [6.07, 6.45) is 0. The summed E-state index contributed by atoms with van der Waals surface area (Å²) in [5.41, 5.74) is 20.0. The van der Waals surface area contributed by atoms with Crippen molar-refractivity contribution in [2.24, 2.45) is 10.7 Å². The number of rotatable bonds is 6. The molecule has 1 heterocycles. The number of hydrogen-bond donors (Lipinski definition) is 2. The van der Waals surface area contributed by atoms with E-state index in [1.165, 1.54) is 77.0 Å². The molecule has 10 aromatic carbocycles. The first kappa shape index (κ1) is 41.2. The SMILES string of the molecule is C=NC(=N)c1ccc(-c2ccccc2)cc1.Cc1cccc(-c2cccc(-c3cccc(-c4cccc5oc6c7ccccc7c7ccccc7c6c45)c3)c2)c1.NCc1ccccc1. The van der Waals surface area contributed by atoms with Gasteiger partial charge in [0.1, 0.15) is 11.2 Å². The minimum absolute atomic E-state index is 0.208. The third-order valence-corrected chi connectivity index (χ3v) is 11.6. The molecular weight excluding hydrogens is 779 g/mol. The van der Waals surface area contributed by atoms with Gasteiger partial charge in [-0.2, -0.15) is 0 Å². The molecule has 0 bridgehead atoms. The van der Waals surface area contributed by atoms with Crippen LogP contribution in [-0.2, 0) is 6.54 Å². The summed E-state index contributed by atoms with van der Waals surface area (Å²) < 4.78 is 6.63. The summed E-state index contributed by atoms with van der Waals surface area (Å²) in [5.74, 6) is 0.208. The zero-order valence-corrected chi connectivity index (χ0v) is 35.7. The summed E-state index contributed by atoms with van der Waals surface area (Å²) in [6.45, 7) is 6.12. The Morgan fingerprint density at radius 1 is 0.469 bits per heavy atom. The Bertz CT molecular complexity index is 3410. The summed E-state index contributed by atoms with van der Waals surface area (Å²) in [4.78, 5) is 3.59. The van der Waals surface area contributed by atoms with Crippen LogP contribution in [0.15, 0.2) is 234 Å². The molecule has 0 aliphatic rings. The van der Waals surface area contributed by atoms with Gasteiger partial charge in [0.25, 0.3) is 0 Å². The second-order valence-electron chi connectivity index (χ2n) is 15.7. The molecule has 0 unspecified atom stereocenters. The monoisotopic (exact) mass is 825 g/mol. The fourth-order valence-corrected chi connectivity index (χ4v) is 8.41. The van der Waals surface area contributed by atoms with Gasteiger partial charge in [-0.3, -0.25) is 5.41 Å². The molecule has 0 fully saturated rings. The van der Waals surface area contributed by atoms with Gasteiger partial charge in [-0.15, -0.1) is 0 Å². The molecule has 11 rings (SSSR count). The van der Waals surface area contributed by atoms with Gasteiger partial charge in [0.05, 0.1) is 0 Å². The minimum atomic E-state index is 0.208. The minimum Gasteiger partial charge on any atom is -0.455 e. The van der Waals surface area contributed by atoms with Crippen LogP contribution in [0.1, 0.15) is 16.7 Å². The average molecular weight is 826 g/mol. The van der Waals surface area contributed by atoms with Gasteiger partial charge in [-0.25, -0.2) is 4.99 Å². The Labute approximate surface area is 374 Å².